The molecule has 2 rings (SSSR count). The summed E-state index contributed by atoms with van der Waals surface area (Å²) in [6.07, 6.45) is 0.932. The molecule has 1 unspecified atom stereocenters. The van der Waals surface area contributed by atoms with Crippen LogP contribution in [0.4, 0.5) is 0 Å². The maximum Gasteiger partial charge on any atom is 0.227 e. The molecule has 1 fully saturated rings. The molecule has 102 valence electrons. The lowest BCUT2D eigenvalue weighted by molar-refractivity contribution is -0.136. The highest BCUT2D eigenvalue weighted by atomic mass is 16.2. The number of nitrogens with zero attached hydrogens (tertiary/aromatic N) is 1. The molecule has 1 aromatic rings. The molecule has 0 saturated carbocycles. The van der Waals surface area contributed by atoms with Gasteiger partial charge in [0.05, 0.1) is 6.42 Å². The molecule has 1 aromatic carbocycles. The second-order valence-electron chi connectivity index (χ2n) is 5.55. The van der Waals surface area contributed by atoms with Crippen molar-refractivity contribution < 1.29 is 9.59 Å². The fourth-order valence-electron chi connectivity index (χ4n) is 2.44. The average Bonchev–Trinajstić information content (AvgIpc) is 2.37. The number of amides is 1. The van der Waals surface area contributed by atoms with Crippen LogP contribution in [0.2, 0.25) is 0 Å². The standard InChI is InChI=1S/C16H21NO2/c1-11-4-5-14(8-12(11)2)9-16(19)17-7-6-15(18)13(3)10-17/h4-5,8,13H,6-7,9-10H2,1-3H3. The van der Waals surface area contributed by atoms with E-state index in [2.05, 4.69) is 26.0 Å². The SMILES string of the molecule is Cc1ccc(CC(=O)N2CCC(=O)C(C)C2)cc1C. The Labute approximate surface area is 114 Å². The largest absolute Gasteiger partial charge is 0.341 e. The molecule has 0 bridgehead atoms. The first-order valence-electron chi connectivity index (χ1n) is 6.84. The van der Waals surface area contributed by atoms with Crippen LogP contribution in [0.5, 0.6) is 0 Å². The number of hydrogen-bond donors (Lipinski definition) is 0. The van der Waals surface area contributed by atoms with Crippen LogP contribution in [0.25, 0.3) is 0 Å². The Balaban J connectivity index is 2.01. The molecule has 0 N–H and O–H groups in total. The molecule has 0 aliphatic carbocycles. The van der Waals surface area contributed by atoms with Gasteiger partial charge in [0.15, 0.2) is 0 Å². The molecule has 1 heterocycles. The lowest BCUT2D eigenvalue weighted by atomic mass is 9.97. The van der Waals surface area contributed by atoms with Crippen LogP contribution in [0.15, 0.2) is 18.2 Å². The Morgan fingerprint density at radius 1 is 1.32 bits per heavy atom. The highest BCUT2D eigenvalue weighted by molar-refractivity contribution is 5.85. The van der Waals surface area contributed by atoms with Crippen LogP contribution in [-0.2, 0) is 16.0 Å². The van der Waals surface area contributed by atoms with Crippen LogP contribution in [0, 0.1) is 19.8 Å². The van der Waals surface area contributed by atoms with Gasteiger partial charge in [0, 0.05) is 25.4 Å². The molecular formula is C16H21NO2. The summed E-state index contributed by atoms with van der Waals surface area (Å²) in [5, 5.41) is 0. The number of carbonyl (C=O) groups excluding carboxylic acids is 2. The number of likely N-dealkylation sites (tertiary alicyclic amines) is 1. The minimum absolute atomic E-state index is 0.0162. The van der Waals surface area contributed by atoms with Crippen LogP contribution >= 0.6 is 0 Å². The van der Waals surface area contributed by atoms with Crippen molar-refractivity contribution in [1.82, 2.24) is 4.90 Å². The molecule has 0 radical (unpaired) electrons. The molecule has 1 aliphatic rings. The van der Waals surface area contributed by atoms with Crippen molar-refractivity contribution in [2.24, 2.45) is 5.92 Å². The fourth-order valence-corrected chi connectivity index (χ4v) is 2.44. The summed E-state index contributed by atoms with van der Waals surface area (Å²) in [6.45, 7) is 7.18. The number of ketones is 1. The first kappa shape index (κ1) is 13.8. The Morgan fingerprint density at radius 2 is 2.05 bits per heavy atom. The Hall–Kier alpha value is -1.64. The first-order chi connectivity index (χ1) is 8.97. The van der Waals surface area contributed by atoms with Gasteiger partial charge in [-0.1, -0.05) is 25.1 Å². The summed E-state index contributed by atoms with van der Waals surface area (Å²) in [7, 11) is 0. The molecule has 1 aliphatic heterocycles. The van der Waals surface area contributed by atoms with Gasteiger partial charge in [-0.15, -0.1) is 0 Å². The summed E-state index contributed by atoms with van der Waals surface area (Å²) in [6, 6.07) is 6.14. The van der Waals surface area contributed by atoms with Crippen molar-refractivity contribution in [2.45, 2.75) is 33.6 Å². The van der Waals surface area contributed by atoms with Gasteiger partial charge < -0.3 is 4.90 Å². The van der Waals surface area contributed by atoms with Crippen molar-refractivity contribution in [3.63, 3.8) is 0 Å². The van der Waals surface area contributed by atoms with Crippen molar-refractivity contribution in [2.75, 3.05) is 13.1 Å². The van der Waals surface area contributed by atoms with Crippen LogP contribution in [0.1, 0.15) is 30.0 Å². The summed E-state index contributed by atoms with van der Waals surface area (Å²) in [5.74, 6) is 0.385. The van der Waals surface area contributed by atoms with E-state index in [4.69, 9.17) is 0 Å². The number of hydrogen-bond acceptors (Lipinski definition) is 2. The molecule has 3 heteroatoms. The monoisotopic (exact) mass is 259 g/mol. The first-order valence-corrected chi connectivity index (χ1v) is 6.84. The van der Waals surface area contributed by atoms with Gasteiger partial charge in [-0.2, -0.15) is 0 Å². The zero-order valence-corrected chi connectivity index (χ0v) is 11.9. The third kappa shape index (κ3) is 3.22. The van der Waals surface area contributed by atoms with E-state index < -0.39 is 0 Å². The summed E-state index contributed by atoms with van der Waals surface area (Å²) in [5.41, 5.74) is 3.51. The van der Waals surface area contributed by atoms with Crippen LogP contribution < -0.4 is 0 Å². The van der Waals surface area contributed by atoms with E-state index in [0.29, 0.717) is 25.9 Å². The number of piperidine rings is 1. The molecular weight excluding hydrogens is 238 g/mol. The number of carbonyl (C=O) groups is 2. The highest BCUT2D eigenvalue weighted by Crippen LogP contribution is 2.15. The third-order valence-corrected chi connectivity index (χ3v) is 3.95. The Morgan fingerprint density at radius 3 is 2.68 bits per heavy atom. The van der Waals surface area contributed by atoms with E-state index in [1.807, 2.05) is 17.9 Å². The van der Waals surface area contributed by atoms with Crippen molar-refractivity contribution >= 4 is 11.7 Å². The second kappa shape index (κ2) is 5.55. The van der Waals surface area contributed by atoms with Crippen LogP contribution in [0.3, 0.4) is 0 Å². The number of rotatable bonds is 2. The summed E-state index contributed by atoms with van der Waals surface area (Å²) < 4.78 is 0. The molecule has 1 saturated heterocycles. The normalized spacial score (nSPS) is 19.6. The molecule has 1 amide bonds. The highest BCUT2D eigenvalue weighted by Gasteiger charge is 2.26. The number of aryl methyl sites for hydroxylation is 2. The Bertz CT molecular complexity index is 507. The fraction of sp³-hybridized carbons (Fsp3) is 0.500. The molecule has 3 nitrogen and oxygen atoms in total. The van der Waals surface area contributed by atoms with Gasteiger partial charge in [-0.3, -0.25) is 9.59 Å². The van der Waals surface area contributed by atoms with Gasteiger partial charge in [0.2, 0.25) is 5.91 Å². The summed E-state index contributed by atoms with van der Waals surface area (Å²) >= 11 is 0. The van der Waals surface area contributed by atoms with Crippen molar-refractivity contribution in [3.8, 4) is 0 Å². The van der Waals surface area contributed by atoms with E-state index in [1.54, 1.807) is 0 Å². The Kier molecular flexibility index (Phi) is 4.03. The van der Waals surface area contributed by atoms with E-state index in [9.17, 15) is 9.59 Å². The predicted octanol–water partition coefficient (Wildman–Crippen LogP) is 2.28. The summed E-state index contributed by atoms with van der Waals surface area (Å²) in [4.78, 5) is 25.5. The van der Waals surface area contributed by atoms with Crippen LogP contribution in [-0.4, -0.2) is 29.7 Å². The van der Waals surface area contributed by atoms with Crippen molar-refractivity contribution in [3.05, 3.63) is 34.9 Å². The quantitative estimate of drug-likeness (QED) is 0.817. The van der Waals surface area contributed by atoms with Crippen molar-refractivity contribution in [1.29, 1.82) is 0 Å². The van der Waals surface area contributed by atoms with Gasteiger partial charge in [0.1, 0.15) is 5.78 Å². The van der Waals surface area contributed by atoms with E-state index in [-0.39, 0.29) is 17.6 Å². The third-order valence-electron chi connectivity index (χ3n) is 3.95. The number of benzene rings is 1. The smallest absolute Gasteiger partial charge is 0.227 e. The minimum atomic E-state index is -0.0162. The molecule has 1 atom stereocenters. The lowest BCUT2D eigenvalue weighted by Crippen LogP contribution is -2.43. The minimum Gasteiger partial charge on any atom is -0.341 e. The van der Waals surface area contributed by atoms with Gasteiger partial charge >= 0.3 is 0 Å². The maximum atomic E-state index is 12.2. The zero-order valence-electron chi connectivity index (χ0n) is 11.9. The second-order valence-corrected chi connectivity index (χ2v) is 5.55. The van der Waals surface area contributed by atoms with Gasteiger partial charge in [0.25, 0.3) is 0 Å². The number of Topliss-reactive ketones (excluding diaryl/α,β-unsaturated/α-hetero) is 1. The van der Waals surface area contributed by atoms with E-state index >= 15 is 0 Å². The van der Waals surface area contributed by atoms with Gasteiger partial charge in [-0.25, -0.2) is 0 Å². The van der Waals surface area contributed by atoms with Gasteiger partial charge in [-0.05, 0) is 30.5 Å². The predicted molar refractivity (Wildman–Crippen MR) is 75.0 cm³/mol. The maximum absolute atomic E-state index is 12.2. The average molecular weight is 259 g/mol. The van der Waals surface area contributed by atoms with E-state index in [0.717, 1.165) is 5.56 Å². The topological polar surface area (TPSA) is 37.4 Å². The zero-order chi connectivity index (χ0) is 14.0. The molecule has 0 spiro atoms. The van der Waals surface area contributed by atoms with E-state index in [1.165, 1.54) is 11.1 Å². The molecule has 19 heavy (non-hydrogen) atoms. The molecule has 0 aromatic heterocycles. The lowest BCUT2D eigenvalue weighted by Gasteiger charge is -2.30.